The van der Waals surface area contributed by atoms with Crippen molar-refractivity contribution in [3.05, 3.63) is 64.3 Å². The largest absolute Gasteiger partial charge is 0.376 e. The standard InChI is InChI=1S/C23H26N4O2/c1-15-20-12-28-14-23(21(20)25-22(24-15)18-7-5-4-6-8-18)9-10-27(13-23)11-19-16(2)26-29-17(19)3/h4-8H,9-14H2,1-3H3/t23-/m0/s1. The maximum Gasteiger partial charge on any atom is 0.159 e. The quantitative estimate of drug-likeness (QED) is 0.679. The molecule has 0 unspecified atom stereocenters. The molecule has 1 aromatic carbocycles. The third-order valence-electron chi connectivity index (χ3n) is 6.37. The van der Waals surface area contributed by atoms with Crippen LogP contribution in [0.5, 0.6) is 0 Å². The van der Waals surface area contributed by atoms with Crippen LogP contribution in [0.2, 0.25) is 0 Å². The lowest BCUT2D eigenvalue weighted by atomic mass is 9.80. The normalized spacial score (nSPS) is 21.6. The van der Waals surface area contributed by atoms with Gasteiger partial charge in [0.2, 0.25) is 0 Å². The van der Waals surface area contributed by atoms with Crippen molar-refractivity contribution in [2.24, 2.45) is 0 Å². The molecule has 5 rings (SSSR count). The topological polar surface area (TPSA) is 64.3 Å². The maximum atomic E-state index is 6.05. The fourth-order valence-corrected chi connectivity index (χ4v) is 4.70. The van der Waals surface area contributed by atoms with Crippen molar-refractivity contribution in [2.45, 2.75) is 45.8 Å². The Kier molecular flexibility index (Phi) is 4.48. The van der Waals surface area contributed by atoms with Crippen LogP contribution in [0, 0.1) is 20.8 Å². The van der Waals surface area contributed by atoms with E-state index in [1.54, 1.807) is 0 Å². The minimum Gasteiger partial charge on any atom is -0.376 e. The highest BCUT2D eigenvalue weighted by atomic mass is 16.5. The molecule has 3 aromatic rings. The van der Waals surface area contributed by atoms with E-state index in [0.717, 1.165) is 60.2 Å². The lowest BCUT2D eigenvalue weighted by Crippen LogP contribution is -2.41. The molecule has 1 atom stereocenters. The van der Waals surface area contributed by atoms with Crippen LogP contribution in [-0.2, 0) is 23.3 Å². The van der Waals surface area contributed by atoms with E-state index in [-0.39, 0.29) is 5.41 Å². The van der Waals surface area contributed by atoms with Crippen LogP contribution < -0.4 is 0 Å². The summed E-state index contributed by atoms with van der Waals surface area (Å²) in [6.45, 7) is 10.2. The molecular formula is C23H26N4O2. The third-order valence-corrected chi connectivity index (χ3v) is 6.37. The first-order chi connectivity index (χ1) is 14.1. The summed E-state index contributed by atoms with van der Waals surface area (Å²) in [7, 11) is 0. The molecule has 1 fully saturated rings. The predicted molar refractivity (Wildman–Crippen MR) is 109 cm³/mol. The molecule has 0 radical (unpaired) electrons. The van der Waals surface area contributed by atoms with E-state index < -0.39 is 0 Å². The summed E-state index contributed by atoms with van der Waals surface area (Å²) in [6.07, 6.45) is 1.04. The van der Waals surface area contributed by atoms with Crippen molar-refractivity contribution >= 4 is 0 Å². The zero-order valence-corrected chi connectivity index (χ0v) is 17.2. The van der Waals surface area contributed by atoms with Crippen LogP contribution in [0.25, 0.3) is 11.4 Å². The molecule has 0 amide bonds. The van der Waals surface area contributed by atoms with Crippen molar-refractivity contribution in [3.63, 3.8) is 0 Å². The minimum atomic E-state index is -0.0796. The highest BCUT2D eigenvalue weighted by Gasteiger charge is 2.45. The van der Waals surface area contributed by atoms with Gasteiger partial charge in [-0.1, -0.05) is 35.5 Å². The Morgan fingerprint density at radius 3 is 2.66 bits per heavy atom. The van der Waals surface area contributed by atoms with E-state index >= 15 is 0 Å². The molecule has 0 bridgehead atoms. The van der Waals surface area contributed by atoms with Gasteiger partial charge in [-0.25, -0.2) is 9.97 Å². The Labute approximate surface area is 170 Å². The van der Waals surface area contributed by atoms with E-state index in [1.165, 1.54) is 11.3 Å². The van der Waals surface area contributed by atoms with Crippen LogP contribution in [0.1, 0.15) is 40.4 Å². The lowest BCUT2D eigenvalue weighted by Gasteiger charge is -2.35. The number of hydrogen-bond donors (Lipinski definition) is 0. The van der Waals surface area contributed by atoms with Crippen molar-refractivity contribution in [1.82, 2.24) is 20.0 Å². The van der Waals surface area contributed by atoms with Crippen molar-refractivity contribution < 1.29 is 9.26 Å². The van der Waals surface area contributed by atoms with Gasteiger partial charge in [0.15, 0.2) is 5.82 Å². The zero-order valence-electron chi connectivity index (χ0n) is 17.2. The molecule has 29 heavy (non-hydrogen) atoms. The number of aromatic nitrogens is 3. The second-order valence-corrected chi connectivity index (χ2v) is 8.36. The van der Waals surface area contributed by atoms with E-state index in [9.17, 15) is 0 Å². The number of benzene rings is 1. The maximum absolute atomic E-state index is 6.05. The van der Waals surface area contributed by atoms with Crippen molar-refractivity contribution in [2.75, 3.05) is 19.7 Å². The number of hydrogen-bond acceptors (Lipinski definition) is 6. The molecule has 6 heteroatoms. The van der Waals surface area contributed by atoms with Gasteiger partial charge in [-0.2, -0.15) is 0 Å². The van der Waals surface area contributed by atoms with Gasteiger partial charge in [-0.15, -0.1) is 0 Å². The Bertz CT molecular complexity index is 1030. The molecule has 150 valence electrons. The molecule has 2 aromatic heterocycles. The van der Waals surface area contributed by atoms with E-state index in [1.807, 2.05) is 32.0 Å². The molecule has 2 aliphatic rings. The van der Waals surface area contributed by atoms with Gasteiger partial charge in [-0.05, 0) is 33.7 Å². The van der Waals surface area contributed by atoms with Crippen LogP contribution in [0.15, 0.2) is 34.9 Å². The first-order valence-corrected chi connectivity index (χ1v) is 10.2. The summed E-state index contributed by atoms with van der Waals surface area (Å²) < 4.78 is 11.4. The number of aryl methyl sites for hydroxylation is 3. The second kappa shape index (κ2) is 7.04. The van der Waals surface area contributed by atoms with Gasteiger partial charge in [0.1, 0.15) is 5.76 Å². The first kappa shape index (κ1) is 18.5. The second-order valence-electron chi connectivity index (χ2n) is 8.36. The Morgan fingerprint density at radius 1 is 1.07 bits per heavy atom. The molecular weight excluding hydrogens is 364 g/mol. The SMILES string of the molecule is Cc1nc(-c2ccccc2)nc2c1COC[C@@]21CCN(Cc2c(C)noc2C)C1. The minimum absolute atomic E-state index is 0.0796. The summed E-state index contributed by atoms with van der Waals surface area (Å²) >= 11 is 0. The number of fused-ring (bicyclic) bond motifs is 2. The van der Waals surface area contributed by atoms with Crippen molar-refractivity contribution in [3.8, 4) is 11.4 Å². The molecule has 6 nitrogen and oxygen atoms in total. The fourth-order valence-electron chi connectivity index (χ4n) is 4.70. The monoisotopic (exact) mass is 390 g/mol. The molecule has 0 aliphatic carbocycles. The zero-order chi connectivity index (χ0) is 20.0. The number of rotatable bonds is 3. The predicted octanol–water partition coefficient (Wildman–Crippen LogP) is 3.73. The molecule has 2 aliphatic heterocycles. The highest BCUT2D eigenvalue weighted by Crippen LogP contribution is 2.41. The summed E-state index contributed by atoms with van der Waals surface area (Å²) in [6, 6.07) is 10.2. The van der Waals surface area contributed by atoms with Crippen LogP contribution in [-0.4, -0.2) is 39.7 Å². The Hall–Kier alpha value is -2.57. The number of likely N-dealkylation sites (tertiary alicyclic amines) is 1. The summed E-state index contributed by atoms with van der Waals surface area (Å²) in [5.41, 5.74) is 6.52. The highest BCUT2D eigenvalue weighted by molar-refractivity contribution is 5.56. The van der Waals surface area contributed by atoms with Gasteiger partial charge in [-0.3, -0.25) is 4.90 Å². The van der Waals surface area contributed by atoms with Gasteiger partial charge in [0.05, 0.1) is 30.0 Å². The van der Waals surface area contributed by atoms with Crippen molar-refractivity contribution in [1.29, 1.82) is 0 Å². The average molecular weight is 390 g/mol. The third kappa shape index (κ3) is 3.16. The van der Waals surface area contributed by atoms with Crippen LogP contribution in [0.4, 0.5) is 0 Å². The number of nitrogens with zero attached hydrogens (tertiary/aromatic N) is 4. The first-order valence-electron chi connectivity index (χ1n) is 10.2. The molecule has 1 saturated heterocycles. The Balaban J connectivity index is 1.49. The lowest BCUT2D eigenvalue weighted by molar-refractivity contribution is 0.0498. The van der Waals surface area contributed by atoms with Crippen LogP contribution >= 0.6 is 0 Å². The molecule has 4 heterocycles. The molecule has 1 spiro atoms. The van der Waals surface area contributed by atoms with Gasteiger partial charge >= 0.3 is 0 Å². The average Bonchev–Trinajstić information content (AvgIpc) is 3.28. The number of ether oxygens (including phenoxy) is 1. The van der Waals surface area contributed by atoms with E-state index in [2.05, 4.69) is 29.1 Å². The molecule has 0 saturated carbocycles. The van der Waals surface area contributed by atoms with Gasteiger partial charge in [0.25, 0.3) is 0 Å². The fraction of sp³-hybridized carbons (Fsp3) is 0.435. The summed E-state index contributed by atoms with van der Waals surface area (Å²) in [5.74, 6) is 1.72. The van der Waals surface area contributed by atoms with Gasteiger partial charge < -0.3 is 9.26 Å². The van der Waals surface area contributed by atoms with Gasteiger partial charge in [0, 0.05) is 35.5 Å². The van der Waals surface area contributed by atoms with E-state index in [4.69, 9.17) is 19.2 Å². The summed E-state index contributed by atoms with van der Waals surface area (Å²) in [4.78, 5) is 12.4. The Morgan fingerprint density at radius 2 is 1.90 bits per heavy atom. The van der Waals surface area contributed by atoms with Crippen LogP contribution in [0.3, 0.4) is 0 Å². The smallest absolute Gasteiger partial charge is 0.159 e. The summed E-state index contributed by atoms with van der Waals surface area (Å²) in [5, 5.41) is 4.11. The molecule has 0 N–H and O–H groups in total. The van der Waals surface area contributed by atoms with E-state index in [0.29, 0.717) is 13.2 Å².